The molecule has 0 bridgehead atoms. The van der Waals surface area contributed by atoms with E-state index in [1.54, 1.807) is 12.1 Å². The van der Waals surface area contributed by atoms with Gasteiger partial charge in [0.15, 0.2) is 0 Å². The Balaban J connectivity index is 1.49. The molecule has 1 aliphatic rings. The topological polar surface area (TPSA) is 45.2 Å². The van der Waals surface area contributed by atoms with Crippen molar-refractivity contribution in [3.63, 3.8) is 0 Å². The number of benzene rings is 1. The van der Waals surface area contributed by atoms with Gasteiger partial charge in [-0.1, -0.05) is 37.6 Å². The number of hydrogen-bond donors (Lipinski definition) is 1. The monoisotopic (exact) mass is 357 g/mol. The summed E-state index contributed by atoms with van der Waals surface area (Å²) in [5.41, 5.74) is 2.60. The van der Waals surface area contributed by atoms with Gasteiger partial charge in [0.05, 0.1) is 5.56 Å². The van der Waals surface area contributed by atoms with Crippen LogP contribution < -0.4 is 5.32 Å². The van der Waals surface area contributed by atoms with E-state index < -0.39 is 0 Å². The lowest BCUT2D eigenvalue weighted by atomic mass is 9.91. The van der Waals surface area contributed by atoms with Crippen LogP contribution in [0.2, 0.25) is 5.15 Å². The molecule has 0 spiro atoms. The van der Waals surface area contributed by atoms with Gasteiger partial charge >= 0.3 is 0 Å². The number of anilines is 1. The van der Waals surface area contributed by atoms with E-state index in [2.05, 4.69) is 41.2 Å². The molecule has 3 rings (SSSR count). The molecule has 1 aromatic heterocycles. The number of carbonyl (C=O) groups excluding carboxylic acids is 1. The van der Waals surface area contributed by atoms with E-state index in [1.807, 2.05) is 12.1 Å². The van der Waals surface area contributed by atoms with Crippen molar-refractivity contribution >= 4 is 23.2 Å². The maximum absolute atomic E-state index is 12.2. The zero-order valence-corrected chi connectivity index (χ0v) is 15.5. The number of carbonyl (C=O) groups is 1. The number of rotatable bonds is 6. The molecule has 1 fully saturated rings. The van der Waals surface area contributed by atoms with Gasteiger partial charge in [-0.3, -0.25) is 4.79 Å². The smallest absolute Gasteiger partial charge is 0.257 e. The molecule has 2 heterocycles. The second-order valence-electron chi connectivity index (χ2n) is 7.20. The summed E-state index contributed by atoms with van der Waals surface area (Å²) in [7, 11) is 0. The Bertz CT molecular complexity index is 707. The van der Waals surface area contributed by atoms with Crippen molar-refractivity contribution in [1.82, 2.24) is 9.88 Å². The molecule has 0 atom stereocenters. The summed E-state index contributed by atoms with van der Waals surface area (Å²) < 4.78 is 0. The van der Waals surface area contributed by atoms with E-state index in [4.69, 9.17) is 11.6 Å². The molecule has 1 N–H and O–H groups in total. The van der Waals surface area contributed by atoms with E-state index in [9.17, 15) is 4.79 Å². The fourth-order valence-corrected chi connectivity index (χ4v) is 3.35. The molecule has 0 radical (unpaired) electrons. The van der Waals surface area contributed by atoms with Gasteiger partial charge in [-0.25, -0.2) is 4.98 Å². The largest absolute Gasteiger partial charge is 0.322 e. The van der Waals surface area contributed by atoms with Crippen LogP contribution >= 0.6 is 11.6 Å². The molecule has 1 aromatic carbocycles. The third-order valence-electron chi connectivity index (χ3n) is 4.38. The summed E-state index contributed by atoms with van der Waals surface area (Å²) in [6, 6.07) is 11.4. The van der Waals surface area contributed by atoms with Gasteiger partial charge in [0.1, 0.15) is 5.15 Å². The lowest BCUT2D eigenvalue weighted by Crippen LogP contribution is -2.48. The van der Waals surface area contributed by atoms with Crippen LogP contribution in [0.15, 0.2) is 42.6 Å². The highest BCUT2D eigenvalue weighted by Gasteiger charge is 2.26. The number of halogens is 1. The highest BCUT2D eigenvalue weighted by molar-refractivity contribution is 6.29. The van der Waals surface area contributed by atoms with Crippen molar-refractivity contribution in [2.75, 3.05) is 25.0 Å². The third-order valence-corrected chi connectivity index (χ3v) is 4.61. The SMILES string of the molecule is CC(C)CN1CC(Cc2ccc(NC(=O)c3ccc(Cl)nc3)cc2)C1. The van der Waals surface area contributed by atoms with Crippen LogP contribution in [0, 0.1) is 11.8 Å². The van der Waals surface area contributed by atoms with Crippen molar-refractivity contribution < 1.29 is 4.79 Å². The van der Waals surface area contributed by atoms with Crippen molar-refractivity contribution in [3.8, 4) is 0 Å². The van der Waals surface area contributed by atoms with Crippen LogP contribution in [-0.2, 0) is 6.42 Å². The van der Waals surface area contributed by atoms with E-state index >= 15 is 0 Å². The first kappa shape index (κ1) is 17.9. The van der Waals surface area contributed by atoms with Crippen molar-refractivity contribution in [2.45, 2.75) is 20.3 Å². The molecule has 2 aromatic rings. The van der Waals surface area contributed by atoms with Crippen LogP contribution in [0.3, 0.4) is 0 Å². The molecule has 25 heavy (non-hydrogen) atoms. The first-order valence-electron chi connectivity index (χ1n) is 8.74. The quantitative estimate of drug-likeness (QED) is 0.791. The standard InChI is InChI=1S/C20H24ClN3O/c1-14(2)11-24-12-16(13-24)9-15-3-6-18(7-4-15)23-20(25)17-5-8-19(21)22-10-17/h3-8,10,14,16H,9,11-13H2,1-2H3,(H,23,25). The Hall–Kier alpha value is -1.91. The summed E-state index contributed by atoms with van der Waals surface area (Å²) in [6.45, 7) is 8.11. The van der Waals surface area contributed by atoms with Crippen molar-refractivity contribution in [1.29, 1.82) is 0 Å². The predicted octanol–water partition coefficient (Wildman–Crippen LogP) is 4.12. The Morgan fingerprint density at radius 3 is 2.56 bits per heavy atom. The van der Waals surface area contributed by atoms with Gasteiger partial charge in [0.2, 0.25) is 0 Å². The molecule has 4 nitrogen and oxygen atoms in total. The predicted molar refractivity (Wildman–Crippen MR) is 102 cm³/mol. The van der Waals surface area contributed by atoms with E-state index in [-0.39, 0.29) is 5.91 Å². The fourth-order valence-electron chi connectivity index (χ4n) is 3.24. The second-order valence-corrected chi connectivity index (χ2v) is 7.59. The number of pyridine rings is 1. The molecule has 1 saturated heterocycles. The number of likely N-dealkylation sites (tertiary alicyclic amines) is 1. The number of nitrogens with zero attached hydrogens (tertiary/aromatic N) is 2. The molecule has 1 amide bonds. The van der Waals surface area contributed by atoms with E-state index in [0.29, 0.717) is 10.7 Å². The lowest BCUT2D eigenvalue weighted by molar-refractivity contribution is 0.0873. The maximum atomic E-state index is 12.2. The van der Waals surface area contributed by atoms with E-state index in [1.165, 1.54) is 31.4 Å². The zero-order valence-electron chi connectivity index (χ0n) is 14.7. The first-order valence-corrected chi connectivity index (χ1v) is 9.11. The zero-order chi connectivity index (χ0) is 17.8. The van der Waals surface area contributed by atoms with Crippen LogP contribution in [0.4, 0.5) is 5.69 Å². The normalized spacial score (nSPS) is 15.2. The van der Waals surface area contributed by atoms with Gasteiger partial charge in [0.25, 0.3) is 5.91 Å². The maximum Gasteiger partial charge on any atom is 0.257 e. The molecule has 1 aliphatic heterocycles. The molecule has 0 unspecified atom stereocenters. The average molecular weight is 358 g/mol. The molecule has 5 heteroatoms. The van der Waals surface area contributed by atoms with Gasteiger partial charge in [0, 0.05) is 31.5 Å². The highest BCUT2D eigenvalue weighted by Crippen LogP contribution is 2.22. The number of hydrogen-bond acceptors (Lipinski definition) is 3. The van der Waals surface area contributed by atoms with Gasteiger partial charge in [-0.15, -0.1) is 0 Å². The molecule has 0 aliphatic carbocycles. The molecule has 132 valence electrons. The minimum absolute atomic E-state index is 0.180. The molecular weight excluding hydrogens is 334 g/mol. The Morgan fingerprint density at radius 1 is 1.24 bits per heavy atom. The Labute approximate surface area is 154 Å². The summed E-state index contributed by atoms with van der Waals surface area (Å²) in [5.74, 6) is 1.30. The van der Waals surface area contributed by atoms with E-state index in [0.717, 1.165) is 23.9 Å². The Morgan fingerprint density at radius 2 is 1.96 bits per heavy atom. The van der Waals surface area contributed by atoms with Crippen LogP contribution in [-0.4, -0.2) is 35.4 Å². The van der Waals surface area contributed by atoms with Gasteiger partial charge in [-0.2, -0.15) is 0 Å². The fraction of sp³-hybridized carbons (Fsp3) is 0.400. The van der Waals surface area contributed by atoms with Crippen molar-refractivity contribution in [3.05, 3.63) is 58.9 Å². The van der Waals surface area contributed by atoms with Crippen LogP contribution in [0.25, 0.3) is 0 Å². The second kappa shape index (κ2) is 7.98. The van der Waals surface area contributed by atoms with Crippen LogP contribution in [0.5, 0.6) is 0 Å². The summed E-state index contributed by atoms with van der Waals surface area (Å²) in [6.07, 6.45) is 2.58. The number of nitrogens with one attached hydrogen (secondary N) is 1. The van der Waals surface area contributed by atoms with Gasteiger partial charge in [-0.05, 0) is 48.1 Å². The summed E-state index contributed by atoms with van der Waals surface area (Å²) in [4.78, 5) is 18.6. The summed E-state index contributed by atoms with van der Waals surface area (Å²) >= 11 is 5.74. The van der Waals surface area contributed by atoms with Crippen molar-refractivity contribution in [2.24, 2.45) is 11.8 Å². The highest BCUT2D eigenvalue weighted by atomic mass is 35.5. The van der Waals surface area contributed by atoms with Crippen LogP contribution in [0.1, 0.15) is 29.8 Å². The minimum Gasteiger partial charge on any atom is -0.322 e. The summed E-state index contributed by atoms with van der Waals surface area (Å²) in [5, 5.41) is 3.26. The van der Waals surface area contributed by atoms with Gasteiger partial charge < -0.3 is 10.2 Å². The first-order chi connectivity index (χ1) is 12.0. The lowest BCUT2D eigenvalue weighted by Gasteiger charge is -2.40. The third kappa shape index (κ3) is 5.03. The minimum atomic E-state index is -0.180. The number of amides is 1. The average Bonchev–Trinajstić information content (AvgIpc) is 2.54. The molecular formula is C20H24ClN3O. The molecule has 0 saturated carbocycles. The number of aromatic nitrogens is 1. The Kier molecular flexibility index (Phi) is 5.71.